The minimum atomic E-state index is 0.720. The van der Waals surface area contributed by atoms with Gasteiger partial charge in [0.25, 0.3) is 0 Å². The van der Waals surface area contributed by atoms with Crippen molar-refractivity contribution in [1.29, 1.82) is 0 Å². The van der Waals surface area contributed by atoms with Gasteiger partial charge in [-0.3, -0.25) is 4.90 Å². The Morgan fingerprint density at radius 3 is 2.57 bits per heavy atom. The van der Waals surface area contributed by atoms with Gasteiger partial charge in [0.1, 0.15) is 11.5 Å². The standard InChI is InChI=1S/C23H28N2O3/c1-26-19-14-21(27-2)23-20(24-28-22(23)15-19)9-8-17-10-12-25(13-11-17)16-18-6-4-3-5-7-18/h3-7,14-15,17H,8-13,16H2,1-2H3. The van der Waals surface area contributed by atoms with Gasteiger partial charge in [0.2, 0.25) is 0 Å². The molecular formula is C23H28N2O3. The Bertz CT molecular complexity index is 899. The van der Waals surface area contributed by atoms with Gasteiger partial charge in [-0.15, -0.1) is 0 Å². The summed E-state index contributed by atoms with van der Waals surface area (Å²) in [7, 11) is 3.31. The zero-order chi connectivity index (χ0) is 19.3. The molecule has 2 aromatic carbocycles. The number of hydrogen-bond acceptors (Lipinski definition) is 5. The first-order valence-corrected chi connectivity index (χ1v) is 10.0. The molecule has 0 atom stereocenters. The summed E-state index contributed by atoms with van der Waals surface area (Å²) in [4.78, 5) is 2.56. The zero-order valence-electron chi connectivity index (χ0n) is 16.7. The lowest BCUT2D eigenvalue weighted by molar-refractivity contribution is 0.172. The molecule has 1 saturated heterocycles. The molecule has 0 saturated carbocycles. The van der Waals surface area contributed by atoms with Crippen LogP contribution in [0.1, 0.15) is 30.5 Å². The van der Waals surface area contributed by atoms with E-state index in [2.05, 4.69) is 40.4 Å². The van der Waals surface area contributed by atoms with E-state index in [-0.39, 0.29) is 0 Å². The number of ether oxygens (including phenoxy) is 2. The molecule has 1 aliphatic heterocycles. The normalized spacial score (nSPS) is 15.8. The van der Waals surface area contributed by atoms with Gasteiger partial charge in [0.05, 0.1) is 25.3 Å². The van der Waals surface area contributed by atoms with Crippen LogP contribution >= 0.6 is 0 Å². The van der Waals surface area contributed by atoms with Crippen LogP contribution in [-0.2, 0) is 13.0 Å². The van der Waals surface area contributed by atoms with Crippen molar-refractivity contribution in [3.8, 4) is 11.5 Å². The first-order chi connectivity index (χ1) is 13.8. The van der Waals surface area contributed by atoms with Gasteiger partial charge in [-0.2, -0.15) is 0 Å². The molecular weight excluding hydrogens is 352 g/mol. The molecule has 28 heavy (non-hydrogen) atoms. The van der Waals surface area contributed by atoms with Crippen molar-refractivity contribution in [1.82, 2.24) is 10.1 Å². The van der Waals surface area contributed by atoms with Crippen LogP contribution in [0.5, 0.6) is 11.5 Å². The molecule has 0 N–H and O–H groups in total. The molecule has 2 heterocycles. The van der Waals surface area contributed by atoms with Crippen LogP contribution in [0.2, 0.25) is 0 Å². The first-order valence-electron chi connectivity index (χ1n) is 10.0. The van der Waals surface area contributed by atoms with E-state index in [1.165, 1.54) is 31.5 Å². The molecule has 5 nitrogen and oxygen atoms in total. The van der Waals surface area contributed by atoms with E-state index in [1.807, 2.05) is 12.1 Å². The van der Waals surface area contributed by atoms with E-state index < -0.39 is 0 Å². The number of aromatic nitrogens is 1. The predicted molar refractivity (Wildman–Crippen MR) is 110 cm³/mol. The Kier molecular flexibility index (Phi) is 5.81. The Morgan fingerprint density at radius 2 is 1.86 bits per heavy atom. The number of methoxy groups -OCH3 is 2. The van der Waals surface area contributed by atoms with Gasteiger partial charge >= 0.3 is 0 Å². The lowest BCUT2D eigenvalue weighted by Crippen LogP contribution is -2.33. The van der Waals surface area contributed by atoms with E-state index in [4.69, 9.17) is 14.0 Å². The van der Waals surface area contributed by atoms with Crippen molar-refractivity contribution in [2.75, 3.05) is 27.3 Å². The second-order valence-electron chi connectivity index (χ2n) is 7.58. The highest BCUT2D eigenvalue weighted by Gasteiger charge is 2.21. The van der Waals surface area contributed by atoms with Crippen molar-refractivity contribution in [2.24, 2.45) is 5.92 Å². The van der Waals surface area contributed by atoms with Gasteiger partial charge in [0, 0.05) is 18.7 Å². The monoisotopic (exact) mass is 380 g/mol. The number of aryl methyl sites for hydroxylation is 1. The molecule has 0 amide bonds. The Morgan fingerprint density at radius 1 is 1.07 bits per heavy atom. The molecule has 4 rings (SSSR count). The van der Waals surface area contributed by atoms with Gasteiger partial charge in [-0.1, -0.05) is 35.5 Å². The number of hydrogen-bond donors (Lipinski definition) is 0. The topological polar surface area (TPSA) is 47.7 Å². The van der Waals surface area contributed by atoms with Gasteiger partial charge in [0.15, 0.2) is 5.58 Å². The van der Waals surface area contributed by atoms with Crippen LogP contribution < -0.4 is 9.47 Å². The molecule has 0 bridgehead atoms. The van der Waals surface area contributed by atoms with Crippen molar-refractivity contribution < 1.29 is 14.0 Å². The predicted octanol–water partition coefficient (Wildman–Crippen LogP) is 4.69. The summed E-state index contributed by atoms with van der Waals surface area (Å²) in [6, 6.07) is 14.5. The maximum atomic E-state index is 5.54. The summed E-state index contributed by atoms with van der Waals surface area (Å²) in [5.41, 5.74) is 3.11. The smallest absolute Gasteiger partial charge is 0.174 e. The van der Waals surface area contributed by atoms with Crippen LogP contribution in [0.15, 0.2) is 47.0 Å². The maximum absolute atomic E-state index is 5.54. The highest BCUT2D eigenvalue weighted by atomic mass is 16.5. The summed E-state index contributed by atoms with van der Waals surface area (Å²) < 4.78 is 16.4. The first kappa shape index (κ1) is 18.8. The van der Waals surface area contributed by atoms with E-state index in [9.17, 15) is 0 Å². The summed E-state index contributed by atoms with van der Waals surface area (Å²) in [6.45, 7) is 3.39. The Hall–Kier alpha value is -2.53. The number of nitrogens with zero attached hydrogens (tertiary/aromatic N) is 2. The third kappa shape index (κ3) is 4.14. The highest BCUT2D eigenvalue weighted by molar-refractivity contribution is 5.87. The van der Waals surface area contributed by atoms with E-state index in [1.54, 1.807) is 14.2 Å². The van der Waals surface area contributed by atoms with Crippen molar-refractivity contribution in [2.45, 2.75) is 32.2 Å². The largest absolute Gasteiger partial charge is 0.496 e. The Balaban J connectivity index is 1.34. The van der Waals surface area contributed by atoms with Crippen molar-refractivity contribution in [3.05, 3.63) is 53.7 Å². The molecule has 1 aromatic heterocycles. The van der Waals surface area contributed by atoms with Crippen LogP contribution in [-0.4, -0.2) is 37.4 Å². The summed E-state index contributed by atoms with van der Waals surface area (Å²) in [5, 5.41) is 5.29. The lowest BCUT2D eigenvalue weighted by atomic mass is 9.91. The van der Waals surface area contributed by atoms with Crippen LogP contribution in [0, 0.1) is 5.92 Å². The maximum Gasteiger partial charge on any atom is 0.174 e. The molecule has 0 aliphatic carbocycles. The van der Waals surface area contributed by atoms with Crippen molar-refractivity contribution >= 4 is 11.0 Å². The SMILES string of the molecule is COc1cc(OC)c2c(CCC3CCN(Cc4ccccc4)CC3)noc2c1. The van der Waals surface area contributed by atoms with E-state index in [0.717, 1.165) is 53.5 Å². The summed E-state index contributed by atoms with van der Waals surface area (Å²) >= 11 is 0. The molecule has 0 spiro atoms. The number of fused-ring (bicyclic) bond motifs is 1. The average molecular weight is 380 g/mol. The molecule has 3 aromatic rings. The van der Waals surface area contributed by atoms with E-state index in [0.29, 0.717) is 0 Å². The molecule has 1 aliphatic rings. The second kappa shape index (κ2) is 8.65. The minimum absolute atomic E-state index is 0.720. The number of benzene rings is 2. The fraction of sp³-hybridized carbons (Fsp3) is 0.435. The number of piperidine rings is 1. The Labute approximate surface area is 166 Å². The quantitative estimate of drug-likeness (QED) is 0.595. The lowest BCUT2D eigenvalue weighted by Gasteiger charge is -2.32. The summed E-state index contributed by atoms with van der Waals surface area (Å²) in [5.74, 6) is 2.23. The molecule has 1 fully saturated rings. The average Bonchev–Trinajstić information content (AvgIpc) is 3.16. The fourth-order valence-corrected chi connectivity index (χ4v) is 4.14. The molecule has 5 heteroatoms. The van der Waals surface area contributed by atoms with Gasteiger partial charge in [-0.25, -0.2) is 0 Å². The van der Waals surface area contributed by atoms with Crippen LogP contribution in [0.3, 0.4) is 0 Å². The molecule has 0 unspecified atom stereocenters. The van der Waals surface area contributed by atoms with Crippen LogP contribution in [0.4, 0.5) is 0 Å². The molecule has 148 valence electrons. The molecule has 0 radical (unpaired) electrons. The van der Waals surface area contributed by atoms with Gasteiger partial charge in [-0.05, 0) is 50.3 Å². The minimum Gasteiger partial charge on any atom is -0.496 e. The summed E-state index contributed by atoms with van der Waals surface area (Å²) in [6.07, 6.45) is 4.54. The highest BCUT2D eigenvalue weighted by Crippen LogP contribution is 2.35. The number of likely N-dealkylation sites (tertiary alicyclic amines) is 1. The third-order valence-electron chi connectivity index (χ3n) is 5.78. The number of rotatable bonds is 7. The van der Waals surface area contributed by atoms with Crippen molar-refractivity contribution in [3.63, 3.8) is 0 Å². The van der Waals surface area contributed by atoms with Gasteiger partial charge < -0.3 is 14.0 Å². The second-order valence-corrected chi connectivity index (χ2v) is 7.58. The third-order valence-corrected chi connectivity index (χ3v) is 5.78. The zero-order valence-corrected chi connectivity index (χ0v) is 16.7. The fourth-order valence-electron chi connectivity index (χ4n) is 4.14. The van der Waals surface area contributed by atoms with E-state index >= 15 is 0 Å². The van der Waals surface area contributed by atoms with Crippen LogP contribution in [0.25, 0.3) is 11.0 Å².